The number of halogens is 2. The largest absolute Gasteiger partial charge is 0.496 e. The van der Waals surface area contributed by atoms with Gasteiger partial charge in [0.2, 0.25) is 5.89 Å². The number of rotatable bonds is 2. The molecule has 0 spiro atoms. The number of ether oxygens (including phenoxy) is 1. The number of hydrogen-bond donors (Lipinski definition) is 1. The quantitative estimate of drug-likeness (QED) is 0.689. The van der Waals surface area contributed by atoms with Crippen molar-refractivity contribution >= 4 is 44.3 Å². The standard InChI is InChI=1S/C14H10BrClN2O2/c1-19-12-3-2-8(16)6-9(12)14-18-11-5-7(15)4-10(17)13(11)20-14/h2-6H,17H2,1H3. The van der Waals surface area contributed by atoms with Gasteiger partial charge in [0.1, 0.15) is 11.3 Å². The van der Waals surface area contributed by atoms with E-state index in [1.54, 1.807) is 31.4 Å². The van der Waals surface area contributed by atoms with Crippen molar-refractivity contribution in [2.75, 3.05) is 12.8 Å². The van der Waals surface area contributed by atoms with Gasteiger partial charge in [0.05, 0.1) is 18.4 Å². The van der Waals surface area contributed by atoms with Crippen LogP contribution in [0.25, 0.3) is 22.6 Å². The fourth-order valence-corrected chi connectivity index (χ4v) is 2.62. The molecular formula is C14H10BrClN2O2. The highest BCUT2D eigenvalue weighted by Gasteiger charge is 2.15. The highest BCUT2D eigenvalue weighted by molar-refractivity contribution is 9.10. The predicted molar refractivity (Wildman–Crippen MR) is 83.1 cm³/mol. The molecule has 0 aliphatic carbocycles. The lowest BCUT2D eigenvalue weighted by Gasteiger charge is -2.05. The van der Waals surface area contributed by atoms with Crippen LogP contribution in [0.3, 0.4) is 0 Å². The lowest BCUT2D eigenvalue weighted by molar-refractivity contribution is 0.414. The molecule has 0 fully saturated rings. The highest BCUT2D eigenvalue weighted by Crippen LogP contribution is 2.36. The van der Waals surface area contributed by atoms with Crippen LogP contribution in [0.5, 0.6) is 5.75 Å². The zero-order valence-corrected chi connectivity index (χ0v) is 12.8. The zero-order chi connectivity index (χ0) is 14.3. The minimum atomic E-state index is 0.421. The topological polar surface area (TPSA) is 61.3 Å². The van der Waals surface area contributed by atoms with Gasteiger partial charge < -0.3 is 14.9 Å². The Morgan fingerprint density at radius 1 is 1.30 bits per heavy atom. The predicted octanol–water partition coefficient (Wildman–Crippen LogP) is 4.50. The number of nitrogens with two attached hydrogens (primary N) is 1. The summed E-state index contributed by atoms with van der Waals surface area (Å²) in [5.74, 6) is 1.06. The second kappa shape index (κ2) is 5.00. The summed E-state index contributed by atoms with van der Waals surface area (Å²) < 4.78 is 11.9. The summed E-state index contributed by atoms with van der Waals surface area (Å²) in [6.07, 6.45) is 0. The number of oxazole rings is 1. The van der Waals surface area contributed by atoms with Crippen LogP contribution in [0.4, 0.5) is 5.69 Å². The molecule has 1 aromatic heterocycles. The van der Waals surface area contributed by atoms with Gasteiger partial charge in [-0.25, -0.2) is 4.98 Å². The number of fused-ring (bicyclic) bond motifs is 1. The lowest BCUT2D eigenvalue weighted by atomic mass is 10.2. The second-order valence-corrected chi connectivity index (χ2v) is 5.56. The van der Waals surface area contributed by atoms with Gasteiger partial charge in [-0.1, -0.05) is 27.5 Å². The van der Waals surface area contributed by atoms with E-state index in [4.69, 9.17) is 26.5 Å². The summed E-state index contributed by atoms with van der Waals surface area (Å²) in [7, 11) is 1.58. The van der Waals surface area contributed by atoms with Crippen LogP contribution >= 0.6 is 27.5 Å². The van der Waals surface area contributed by atoms with E-state index in [1.807, 2.05) is 6.07 Å². The van der Waals surface area contributed by atoms with Crippen molar-refractivity contribution in [3.63, 3.8) is 0 Å². The number of methoxy groups -OCH3 is 1. The summed E-state index contributed by atoms with van der Waals surface area (Å²) in [4.78, 5) is 4.44. The molecule has 0 saturated carbocycles. The third-order valence-corrected chi connectivity index (χ3v) is 3.57. The summed E-state index contributed by atoms with van der Waals surface area (Å²) >= 11 is 9.40. The first-order valence-corrected chi connectivity index (χ1v) is 6.95. The Bertz CT molecular complexity index is 801. The van der Waals surface area contributed by atoms with Gasteiger partial charge in [0, 0.05) is 9.50 Å². The molecular weight excluding hydrogens is 344 g/mol. The molecule has 0 atom stereocenters. The third kappa shape index (κ3) is 2.23. The summed E-state index contributed by atoms with van der Waals surface area (Å²) in [5, 5.41) is 0.581. The van der Waals surface area contributed by atoms with Crippen molar-refractivity contribution in [3.05, 3.63) is 39.8 Å². The number of nitrogen functional groups attached to an aromatic ring is 1. The molecule has 4 nitrogen and oxygen atoms in total. The van der Waals surface area contributed by atoms with Gasteiger partial charge in [0.15, 0.2) is 5.58 Å². The molecule has 3 aromatic rings. The first-order chi connectivity index (χ1) is 9.58. The fraction of sp³-hybridized carbons (Fsp3) is 0.0714. The molecule has 0 aliphatic rings. The lowest BCUT2D eigenvalue weighted by Crippen LogP contribution is -1.87. The van der Waals surface area contributed by atoms with E-state index in [-0.39, 0.29) is 0 Å². The minimum absolute atomic E-state index is 0.421. The van der Waals surface area contributed by atoms with Crippen LogP contribution in [-0.4, -0.2) is 12.1 Å². The van der Waals surface area contributed by atoms with Crippen molar-refractivity contribution in [3.8, 4) is 17.2 Å². The normalized spacial score (nSPS) is 10.9. The smallest absolute Gasteiger partial charge is 0.231 e. The van der Waals surface area contributed by atoms with Crippen molar-refractivity contribution in [2.24, 2.45) is 0 Å². The summed E-state index contributed by atoms with van der Waals surface area (Å²) in [5.41, 5.74) is 8.36. The average Bonchev–Trinajstić information content (AvgIpc) is 2.82. The van der Waals surface area contributed by atoms with Crippen molar-refractivity contribution in [1.29, 1.82) is 0 Å². The maximum Gasteiger partial charge on any atom is 0.231 e. The van der Waals surface area contributed by atoms with Gasteiger partial charge in [-0.3, -0.25) is 0 Å². The van der Waals surface area contributed by atoms with E-state index < -0.39 is 0 Å². The van der Waals surface area contributed by atoms with E-state index >= 15 is 0 Å². The molecule has 102 valence electrons. The van der Waals surface area contributed by atoms with Gasteiger partial charge in [0.25, 0.3) is 0 Å². The molecule has 0 unspecified atom stereocenters. The molecule has 2 aromatic carbocycles. The van der Waals surface area contributed by atoms with Crippen molar-refractivity contribution in [1.82, 2.24) is 4.98 Å². The molecule has 3 rings (SSSR count). The maximum absolute atomic E-state index is 6.02. The molecule has 0 aliphatic heterocycles. The molecule has 0 amide bonds. The second-order valence-electron chi connectivity index (χ2n) is 4.21. The Kier molecular flexibility index (Phi) is 3.31. The molecule has 0 saturated heterocycles. The van der Waals surface area contributed by atoms with E-state index in [1.165, 1.54) is 0 Å². The first-order valence-electron chi connectivity index (χ1n) is 5.78. The molecule has 0 radical (unpaired) electrons. The van der Waals surface area contributed by atoms with Crippen LogP contribution in [0.2, 0.25) is 5.02 Å². The fourth-order valence-electron chi connectivity index (χ4n) is 1.99. The van der Waals surface area contributed by atoms with Gasteiger partial charge >= 0.3 is 0 Å². The molecule has 2 N–H and O–H groups in total. The Hall–Kier alpha value is -1.72. The zero-order valence-electron chi connectivity index (χ0n) is 10.5. The molecule has 1 heterocycles. The van der Waals surface area contributed by atoms with Crippen LogP contribution in [0.15, 0.2) is 39.2 Å². The number of aromatic nitrogens is 1. The average molecular weight is 354 g/mol. The van der Waals surface area contributed by atoms with Crippen LogP contribution in [-0.2, 0) is 0 Å². The minimum Gasteiger partial charge on any atom is -0.496 e. The molecule has 20 heavy (non-hydrogen) atoms. The van der Waals surface area contributed by atoms with Gasteiger partial charge in [-0.2, -0.15) is 0 Å². The van der Waals surface area contributed by atoms with E-state index in [0.29, 0.717) is 39.0 Å². The SMILES string of the molecule is COc1ccc(Cl)cc1-c1nc2cc(Br)cc(N)c2o1. The van der Waals surface area contributed by atoms with Crippen molar-refractivity contribution in [2.45, 2.75) is 0 Å². The van der Waals surface area contributed by atoms with E-state index in [0.717, 1.165) is 4.47 Å². The highest BCUT2D eigenvalue weighted by atomic mass is 79.9. The number of hydrogen-bond acceptors (Lipinski definition) is 4. The van der Waals surface area contributed by atoms with Crippen LogP contribution in [0, 0.1) is 0 Å². The van der Waals surface area contributed by atoms with Crippen LogP contribution in [0.1, 0.15) is 0 Å². The third-order valence-electron chi connectivity index (χ3n) is 2.88. The first kappa shape index (κ1) is 13.3. The Morgan fingerprint density at radius 3 is 2.85 bits per heavy atom. The summed E-state index contributed by atoms with van der Waals surface area (Å²) in [6.45, 7) is 0. The Labute approximate surface area is 128 Å². The van der Waals surface area contributed by atoms with Gasteiger partial charge in [-0.05, 0) is 30.3 Å². The van der Waals surface area contributed by atoms with Gasteiger partial charge in [-0.15, -0.1) is 0 Å². The monoisotopic (exact) mass is 352 g/mol. The number of nitrogens with zero attached hydrogens (tertiary/aromatic N) is 1. The van der Waals surface area contributed by atoms with Crippen LogP contribution < -0.4 is 10.5 Å². The molecule has 0 bridgehead atoms. The van der Waals surface area contributed by atoms with E-state index in [2.05, 4.69) is 20.9 Å². The maximum atomic E-state index is 6.02. The van der Waals surface area contributed by atoms with Crippen molar-refractivity contribution < 1.29 is 9.15 Å². The Morgan fingerprint density at radius 2 is 2.10 bits per heavy atom. The number of benzene rings is 2. The van der Waals surface area contributed by atoms with E-state index in [9.17, 15) is 0 Å². The summed E-state index contributed by atoms with van der Waals surface area (Å²) in [6, 6.07) is 8.88. The Balaban J connectivity index is 2.25. The number of anilines is 1. The molecule has 6 heteroatoms.